The molecule has 0 saturated heterocycles. The van der Waals surface area contributed by atoms with Crippen LogP contribution in [0.15, 0.2) is 26.1 Å². The molecule has 15 heavy (non-hydrogen) atoms. The second kappa shape index (κ2) is 3.23. The average molecular weight is 211 g/mol. The Bertz CT molecular complexity index is 628. The van der Waals surface area contributed by atoms with Gasteiger partial charge in [0.05, 0.1) is 12.5 Å². The first-order chi connectivity index (χ1) is 7.11. The molecule has 0 amide bonds. The summed E-state index contributed by atoms with van der Waals surface area (Å²) < 4.78 is 22.1. The summed E-state index contributed by atoms with van der Waals surface area (Å²) in [5.74, 6) is -1.47. The monoisotopic (exact) mass is 211 g/mol. The van der Waals surface area contributed by atoms with Crippen LogP contribution in [0.2, 0.25) is 0 Å². The van der Waals surface area contributed by atoms with E-state index in [0.29, 0.717) is 0 Å². The van der Waals surface area contributed by atoms with Crippen molar-refractivity contribution in [1.29, 1.82) is 0 Å². The maximum atomic E-state index is 13.0. The fourth-order valence-corrected chi connectivity index (χ4v) is 1.30. The number of hydrogen-bond donors (Lipinski definition) is 1. The van der Waals surface area contributed by atoms with E-state index in [2.05, 4.69) is 9.40 Å². The smallest absolute Gasteiger partial charge is 0.419 e. The van der Waals surface area contributed by atoms with Crippen molar-refractivity contribution in [3.05, 3.63) is 38.9 Å². The largest absolute Gasteiger partial charge is 0.494 e. The lowest BCUT2D eigenvalue weighted by molar-refractivity contribution is 0.411. The number of nitrogens with one attached hydrogen (secondary N) is 1. The molecule has 0 aliphatic rings. The molecule has 2 aromatic rings. The summed E-state index contributed by atoms with van der Waals surface area (Å²) in [5, 5.41) is -0.0635. The van der Waals surface area contributed by atoms with Gasteiger partial charge >= 0.3 is 11.4 Å². The molecule has 78 valence electrons. The number of ether oxygens (including phenoxy) is 1. The molecule has 0 saturated carbocycles. The van der Waals surface area contributed by atoms with E-state index in [1.807, 2.05) is 0 Å². The van der Waals surface area contributed by atoms with E-state index in [1.165, 1.54) is 7.11 Å². The number of rotatable bonds is 1. The highest BCUT2D eigenvalue weighted by Gasteiger charge is 2.10. The van der Waals surface area contributed by atoms with E-state index in [4.69, 9.17) is 4.74 Å². The Balaban J connectivity index is 3.03. The predicted molar refractivity (Wildman–Crippen MR) is 49.6 cm³/mol. The topological polar surface area (TPSA) is 72.3 Å². The van der Waals surface area contributed by atoms with Crippen LogP contribution >= 0.6 is 0 Å². The van der Waals surface area contributed by atoms with Crippen molar-refractivity contribution >= 4 is 10.9 Å². The molecular weight excluding hydrogens is 205 g/mol. The van der Waals surface area contributed by atoms with Gasteiger partial charge in [-0.1, -0.05) is 0 Å². The van der Waals surface area contributed by atoms with Crippen molar-refractivity contribution in [3.8, 4) is 5.75 Å². The highest BCUT2D eigenvalue weighted by atomic mass is 19.1. The first-order valence-electron chi connectivity index (χ1n) is 4.02. The lowest BCUT2D eigenvalue weighted by Crippen LogP contribution is -2.15. The van der Waals surface area contributed by atoms with Gasteiger partial charge in [0.15, 0.2) is 0 Å². The van der Waals surface area contributed by atoms with Gasteiger partial charge in [0.2, 0.25) is 0 Å². The SMILES string of the molecule is COc1cc(F)cc2c(=O)oc(=O)[nH]c12. The van der Waals surface area contributed by atoms with E-state index < -0.39 is 17.2 Å². The molecule has 0 fully saturated rings. The molecule has 0 unspecified atom stereocenters. The molecule has 6 heteroatoms. The van der Waals surface area contributed by atoms with Crippen LogP contribution in [0.5, 0.6) is 5.75 Å². The number of benzene rings is 1. The molecule has 0 radical (unpaired) electrons. The maximum Gasteiger partial charge on any atom is 0.419 e. The minimum atomic E-state index is -0.905. The zero-order valence-corrected chi connectivity index (χ0v) is 7.67. The second-order valence-electron chi connectivity index (χ2n) is 2.83. The third kappa shape index (κ3) is 1.50. The molecule has 1 N–H and O–H groups in total. The van der Waals surface area contributed by atoms with Crippen LogP contribution in [0.4, 0.5) is 4.39 Å². The van der Waals surface area contributed by atoms with Gasteiger partial charge in [0.1, 0.15) is 17.1 Å². The Morgan fingerprint density at radius 2 is 2.13 bits per heavy atom. The molecular formula is C9H6FNO4. The standard InChI is InChI=1S/C9H6FNO4/c1-14-6-3-4(10)2-5-7(6)11-9(13)15-8(5)12/h2-3H,1H3,(H,11,13). The molecule has 2 rings (SSSR count). The summed E-state index contributed by atoms with van der Waals surface area (Å²) >= 11 is 0. The number of halogens is 1. The molecule has 0 aliphatic heterocycles. The zero-order chi connectivity index (χ0) is 11.0. The van der Waals surface area contributed by atoms with Crippen molar-refractivity contribution in [1.82, 2.24) is 4.98 Å². The third-order valence-electron chi connectivity index (χ3n) is 1.92. The summed E-state index contributed by atoms with van der Waals surface area (Å²) in [4.78, 5) is 24.4. The minimum absolute atomic E-state index is 0.0635. The van der Waals surface area contributed by atoms with Crippen molar-refractivity contribution < 1.29 is 13.5 Å². The summed E-state index contributed by atoms with van der Waals surface area (Å²) in [7, 11) is 1.31. The summed E-state index contributed by atoms with van der Waals surface area (Å²) in [6.45, 7) is 0. The first kappa shape index (κ1) is 9.45. The molecule has 0 bridgehead atoms. The van der Waals surface area contributed by atoms with Crippen LogP contribution in [0.1, 0.15) is 0 Å². The Hall–Kier alpha value is -2.11. The van der Waals surface area contributed by atoms with Crippen LogP contribution in [0.25, 0.3) is 10.9 Å². The average Bonchev–Trinajstić information content (AvgIpc) is 2.18. The summed E-state index contributed by atoms with van der Waals surface area (Å²) in [5.41, 5.74) is -0.772. The second-order valence-corrected chi connectivity index (χ2v) is 2.83. The molecule has 5 nitrogen and oxygen atoms in total. The highest BCUT2D eigenvalue weighted by molar-refractivity contribution is 5.83. The van der Waals surface area contributed by atoms with Gasteiger partial charge in [0.25, 0.3) is 0 Å². The van der Waals surface area contributed by atoms with Gasteiger partial charge in [0, 0.05) is 6.07 Å². The fraction of sp³-hybridized carbons (Fsp3) is 0.111. The molecule has 1 aromatic carbocycles. The minimum Gasteiger partial charge on any atom is -0.494 e. The van der Waals surface area contributed by atoms with Gasteiger partial charge in [-0.15, -0.1) is 0 Å². The molecule has 0 spiro atoms. The van der Waals surface area contributed by atoms with Gasteiger partial charge in [-0.05, 0) is 6.07 Å². The van der Waals surface area contributed by atoms with Crippen molar-refractivity contribution in [2.75, 3.05) is 7.11 Å². The molecule has 1 aromatic heterocycles. The molecule has 0 aliphatic carbocycles. The third-order valence-corrected chi connectivity index (χ3v) is 1.92. The van der Waals surface area contributed by atoms with Crippen molar-refractivity contribution in [2.45, 2.75) is 0 Å². The van der Waals surface area contributed by atoms with Gasteiger partial charge in [-0.2, -0.15) is 0 Å². The normalized spacial score (nSPS) is 10.5. The van der Waals surface area contributed by atoms with Crippen LogP contribution in [-0.4, -0.2) is 12.1 Å². The number of methoxy groups -OCH3 is 1. The predicted octanol–water partition coefficient (Wildman–Crippen LogP) is 0.629. The number of fused-ring (bicyclic) bond motifs is 1. The van der Waals surface area contributed by atoms with Gasteiger partial charge in [-0.25, -0.2) is 14.0 Å². The molecule has 0 atom stereocenters. The lowest BCUT2D eigenvalue weighted by Gasteiger charge is -2.03. The lowest BCUT2D eigenvalue weighted by atomic mass is 10.2. The number of hydrogen-bond acceptors (Lipinski definition) is 4. The van der Waals surface area contributed by atoms with Crippen molar-refractivity contribution in [3.63, 3.8) is 0 Å². The maximum absolute atomic E-state index is 13.0. The Labute approximate surface area is 82.1 Å². The quantitative estimate of drug-likeness (QED) is 0.750. The first-order valence-corrected chi connectivity index (χ1v) is 4.02. The highest BCUT2D eigenvalue weighted by Crippen LogP contribution is 2.21. The Morgan fingerprint density at radius 1 is 1.40 bits per heavy atom. The van der Waals surface area contributed by atoms with Crippen LogP contribution in [-0.2, 0) is 0 Å². The van der Waals surface area contributed by atoms with E-state index in [-0.39, 0.29) is 16.7 Å². The van der Waals surface area contributed by atoms with Crippen LogP contribution in [0.3, 0.4) is 0 Å². The Morgan fingerprint density at radius 3 is 2.80 bits per heavy atom. The number of H-pyrrole nitrogens is 1. The van der Waals surface area contributed by atoms with Gasteiger partial charge in [-0.3, -0.25) is 4.98 Å². The Kier molecular flexibility index (Phi) is 2.03. The molecule has 1 heterocycles. The van der Waals surface area contributed by atoms with E-state index in [0.717, 1.165) is 12.1 Å². The van der Waals surface area contributed by atoms with Crippen LogP contribution in [0, 0.1) is 5.82 Å². The van der Waals surface area contributed by atoms with E-state index >= 15 is 0 Å². The van der Waals surface area contributed by atoms with Crippen molar-refractivity contribution in [2.24, 2.45) is 0 Å². The zero-order valence-electron chi connectivity index (χ0n) is 7.67. The number of aromatic amines is 1. The van der Waals surface area contributed by atoms with E-state index in [1.54, 1.807) is 0 Å². The summed E-state index contributed by atoms with van der Waals surface area (Å²) in [6, 6.07) is 2.04. The fourth-order valence-electron chi connectivity index (χ4n) is 1.30. The van der Waals surface area contributed by atoms with Gasteiger partial charge < -0.3 is 9.15 Å². The van der Waals surface area contributed by atoms with E-state index in [9.17, 15) is 14.0 Å². The summed E-state index contributed by atoms with van der Waals surface area (Å²) in [6.07, 6.45) is 0. The van der Waals surface area contributed by atoms with Crippen LogP contribution < -0.4 is 16.1 Å². The number of aromatic nitrogens is 1.